The van der Waals surface area contributed by atoms with Crippen molar-refractivity contribution < 1.29 is 13.5 Å². The number of anilines is 1. The zero-order chi connectivity index (χ0) is 20.6. The van der Waals surface area contributed by atoms with Gasteiger partial charge in [0.1, 0.15) is 11.6 Å². The molecular formula is C21H24ClF2N3OS. The van der Waals surface area contributed by atoms with Gasteiger partial charge in [-0.2, -0.15) is 0 Å². The average molecular weight is 440 g/mol. The summed E-state index contributed by atoms with van der Waals surface area (Å²) in [6.45, 7) is 5.50. The topological polar surface area (TPSA) is 27.7 Å². The summed E-state index contributed by atoms with van der Waals surface area (Å²) in [4.78, 5) is 4.35. The van der Waals surface area contributed by atoms with Crippen molar-refractivity contribution in [1.29, 1.82) is 0 Å². The Morgan fingerprint density at radius 1 is 1.17 bits per heavy atom. The Morgan fingerprint density at radius 2 is 1.97 bits per heavy atom. The number of thiocarbonyl (C=S) groups is 1. The third-order valence-electron chi connectivity index (χ3n) is 4.73. The standard InChI is InChI=1S/C21H24ClF2N3OS/c22-19-14-18(5-6-20(19)24)25-21(29)27(15-16-3-1-4-17(23)13-16)8-2-7-26-9-11-28-12-10-26/h1,3-6,13-14H,2,7-12,15H2,(H,25,29). The molecule has 4 nitrogen and oxygen atoms in total. The Balaban J connectivity index is 1.64. The van der Waals surface area contributed by atoms with E-state index in [0.717, 1.165) is 44.8 Å². The highest BCUT2D eigenvalue weighted by Gasteiger charge is 2.14. The van der Waals surface area contributed by atoms with Crippen LogP contribution >= 0.6 is 23.8 Å². The molecule has 8 heteroatoms. The maximum absolute atomic E-state index is 13.6. The van der Waals surface area contributed by atoms with Crippen molar-refractivity contribution in [2.75, 3.05) is 44.7 Å². The lowest BCUT2D eigenvalue weighted by Gasteiger charge is -2.29. The molecule has 2 aromatic rings. The number of hydrogen-bond donors (Lipinski definition) is 1. The SMILES string of the molecule is Fc1cccc(CN(CCCN2CCOCC2)C(=S)Nc2ccc(F)c(Cl)c2)c1. The molecule has 1 N–H and O–H groups in total. The Morgan fingerprint density at radius 3 is 2.69 bits per heavy atom. The van der Waals surface area contributed by atoms with Gasteiger partial charge in [-0.25, -0.2) is 8.78 Å². The summed E-state index contributed by atoms with van der Waals surface area (Å²) in [5, 5.41) is 3.63. The van der Waals surface area contributed by atoms with Gasteiger partial charge in [0.05, 0.1) is 18.2 Å². The molecule has 1 aliphatic rings. The molecule has 0 atom stereocenters. The summed E-state index contributed by atoms with van der Waals surface area (Å²) in [7, 11) is 0. The van der Waals surface area contributed by atoms with E-state index in [4.69, 9.17) is 28.6 Å². The van der Waals surface area contributed by atoms with Crippen LogP contribution < -0.4 is 5.32 Å². The van der Waals surface area contributed by atoms with E-state index < -0.39 is 5.82 Å². The van der Waals surface area contributed by atoms with E-state index in [1.807, 2.05) is 11.0 Å². The first-order valence-corrected chi connectivity index (χ1v) is 10.4. The molecule has 29 heavy (non-hydrogen) atoms. The van der Waals surface area contributed by atoms with Gasteiger partial charge in [-0.3, -0.25) is 4.90 Å². The molecule has 156 valence electrons. The summed E-state index contributed by atoms with van der Waals surface area (Å²) in [5.41, 5.74) is 1.44. The van der Waals surface area contributed by atoms with Crippen molar-refractivity contribution in [2.24, 2.45) is 0 Å². The molecule has 0 saturated carbocycles. The second kappa shape index (κ2) is 10.8. The second-order valence-electron chi connectivity index (χ2n) is 6.92. The van der Waals surface area contributed by atoms with Crippen LogP contribution in [-0.4, -0.2) is 54.3 Å². The van der Waals surface area contributed by atoms with Crippen LogP contribution in [0.5, 0.6) is 0 Å². The first kappa shape index (κ1) is 21.9. The van der Waals surface area contributed by atoms with Gasteiger partial charge in [-0.1, -0.05) is 23.7 Å². The molecule has 0 aliphatic carbocycles. The lowest BCUT2D eigenvalue weighted by Crippen LogP contribution is -2.40. The highest BCUT2D eigenvalue weighted by Crippen LogP contribution is 2.20. The van der Waals surface area contributed by atoms with Crippen molar-refractivity contribution in [3.05, 3.63) is 64.7 Å². The molecule has 2 aromatic carbocycles. The predicted octanol–water partition coefficient (Wildman–Crippen LogP) is 4.54. The average Bonchev–Trinajstić information content (AvgIpc) is 2.71. The highest BCUT2D eigenvalue weighted by atomic mass is 35.5. The highest BCUT2D eigenvalue weighted by molar-refractivity contribution is 7.80. The molecule has 0 amide bonds. The van der Waals surface area contributed by atoms with Crippen LogP contribution in [0.25, 0.3) is 0 Å². The minimum atomic E-state index is -0.481. The molecule has 0 spiro atoms. The molecular weight excluding hydrogens is 416 g/mol. The maximum Gasteiger partial charge on any atom is 0.173 e. The number of rotatable bonds is 7. The number of hydrogen-bond acceptors (Lipinski definition) is 3. The number of ether oxygens (including phenoxy) is 1. The predicted molar refractivity (Wildman–Crippen MR) is 116 cm³/mol. The van der Waals surface area contributed by atoms with Crippen LogP contribution in [0.1, 0.15) is 12.0 Å². The fourth-order valence-corrected chi connectivity index (χ4v) is 3.65. The summed E-state index contributed by atoms with van der Waals surface area (Å²) in [6, 6.07) is 10.9. The fraction of sp³-hybridized carbons (Fsp3) is 0.381. The lowest BCUT2D eigenvalue weighted by atomic mass is 10.2. The minimum Gasteiger partial charge on any atom is -0.379 e. The third kappa shape index (κ3) is 6.89. The number of nitrogens with one attached hydrogen (secondary N) is 1. The molecule has 0 bridgehead atoms. The number of halogens is 3. The van der Waals surface area contributed by atoms with Gasteiger partial charge in [0, 0.05) is 38.4 Å². The quantitative estimate of drug-likeness (QED) is 0.639. The number of morpholine rings is 1. The van der Waals surface area contributed by atoms with Crippen LogP contribution in [0.2, 0.25) is 5.02 Å². The molecule has 3 rings (SSSR count). The van der Waals surface area contributed by atoms with Gasteiger partial charge in [0.25, 0.3) is 0 Å². The smallest absolute Gasteiger partial charge is 0.173 e. The van der Waals surface area contributed by atoms with E-state index in [9.17, 15) is 8.78 Å². The summed E-state index contributed by atoms with van der Waals surface area (Å²) in [5.74, 6) is -0.759. The van der Waals surface area contributed by atoms with E-state index in [1.54, 1.807) is 12.1 Å². The van der Waals surface area contributed by atoms with E-state index in [1.165, 1.54) is 24.3 Å². The normalized spacial score (nSPS) is 14.6. The monoisotopic (exact) mass is 439 g/mol. The van der Waals surface area contributed by atoms with Crippen LogP contribution in [-0.2, 0) is 11.3 Å². The van der Waals surface area contributed by atoms with Crippen LogP contribution in [0, 0.1) is 11.6 Å². The van der Waals surface area contributed by atoms with Crippen molar-refractivity contribution in [2.45, 2.75) is 13.0 Å². The Bertz CT molecular complexity index is 833. The summed E-state index contributed by atoms with van der Waals surface area (Å²) in [6.07, 6.45) is 0.904. The maximum atomic E-state index is 13.6. The molecule has 0 radical (unpaired) electrons. The molecule has 1 aliphatic heterocycles. The molecule has 0 unspecified atom stereocenters. The third-order valence-corrected chi connectivity index (χ3v) is 5.38. The largest absolute Gasteiger partial charge is 0.379 e. The van der Waals surface area contributed by atoms with Crippen molar-refractivity contribution >= 4 is 34.6 Å². The van der Waals surface area contributed by atoms with E-state index >= 15 is 0 Å². The molecule has 1 fully saturated rings. The van der Waals surface area contributed by atoms with Crippen molar-refractivity contribution in [1.82, 2.24) is 9.80 Å². The Kier molecular flexibility index (Phi) is 8.18. The number of benzene rings is 2. The zero-order valence-corrected chi connectivity index (χ0v) is 17.6. The fourth-order valence-electron chi connectivity index (χ4n) is 3.19. The van der Waals surface area contributed by atoms with Gasteiger partial charge in [0.15, 0.2) is 5.11 Å². The Hall–Kier alpha value is -1.80. The summed E-state index contributed by atoms with van der Waals surface area (Å²) < 4.78 is 32.4. The van der Waals surface area contributed by atoms with E-state index in [-0.39, 0.29) is 10.8 Å². The molecule has 1 saturated heterocycles. The van der Waals surface area contributed by atoms with Crippen LogP contribution in [0.3, 0.4) is 0 Å². The lowest BCUT2D eigenvalue weighted by molar-refractivity contribution is 0.0368. The van der Waals surface area contributed by atoms with Crippen LogP contribution in [0.4, 0.5) is 14.5 Å². The van der Waals surface area contributed by atoms with Gasteiger partial charge in [0.2, 0.25) is 0 Å². The van der Waals surface area contributed by atoms with Gasteiger partial charge >= 0.3 is 0 Å². The van der Waals surface area contributed by atoms with E-state index in [0.29, 0.717) is 23.9 Å². The zero-order valence-electron chi connectivity index (χ0n) is 16.0. The molecule has 1 heterocycles. The minimum absolute atomic E-state index is 0.0294. The second-order valence-corrected chi connectivity index (χ2v) is 7.71. The van der Waals surface area contributed by atoms with Gasteiger partial charge in [-0.05, 0) is 54.5 Å². The first-order chi connectivity index (χ1) is 14.0. The number of nitrogens with zero attached hydrogens (tertiary/aromatic N) is 2. The molecule has 0 aromatic heterocycles. The van der Waals surface area contributed by atoms with Crippen LogP contribution in [0.15, 0.2) is 42.5 Å². The first-order valence-electron chi connectivity index (χ1n) is 9.57. The van der Waals surface area contributed by atoms with Gasteiger partial charge in [-0.15, -0.1) is 0 Å². The van der Waals surface area contributed by atoms with Gasteiger partial charge < -0.3 is 15.0 Å². The van der Waals surface area contributed by atoms with Crippen molar-refractivity contribution in [3.63, 3.8) is 0 Å². The van der Waals surface area contributed by atoms with E-state index in [2.05, 4.69) is 10.2 Å². The Labute approximate surface area is 180 Å². The van der Waals surface area contributed by atoms with Crippen molar-refractivity contribution in [3.8, 4) is 0 Å². The summed E-state index contributed by atoms with van der Waals surface area (Å²) >= 11 is 11.5.